The second-order valence-electron chi connectivity index (χ2n) is 4.78. The van der Waals surface area contributed by atoms with Crippen molar-refractivity contribution in [3.05, 3.63) is 41.3 Å². The van der Waals surface area contributed by atoms with Gasteiger partial charge in [-0.15, -0.1) is 0 Å². The molecule has 0 amide bonds. The van der Waals surface area contributed by atoms with Gasteiger partial charge in [-0.3, -0.25) is 4.98 Å². The molecule has 0 fully saturated rings. The highest BCUT2D eigenvalue weighted by molar-refractivity contribution is 5.46. The minimum atomic E-state index is 0.659. The predicted molar refractivity (Wildman–Crippen MR) is 81.9 cm³/mol. The van der Waals surface area contributed by atoms with Crippen LogP contribution in [-0.2, 0) is 6.54 Å². The number of anilines is 2. The maximum absolute atomic E-state index is 4.49. The number of aromatic nitrogens is 3. The summed E-state index contributed by atoms with van der Waals surface area (Å²) >= 11 is 0. The maximum atomic E-state index is 4.49. The van der Waals surface area contributed by atoms with Crippen LogP contribution in [0.3, 0.4) is 0 Å². The molecule has 0 aromatic carbocycles. The number of aryl methyl sites for hydroxylation is 2. The minimum Gasteiger partial charge on any atom is -0.364 e. The van der Waals surface area contributed by atoms with Gasteiger partial charge in [-0.2, -0.15) is 4.98 Å². The number of rotatable bonds is 6. The third-order valence-corrected chi connectivity index (χ3v) is 2.89. The fraction of sp³-hybridized carbons (Fsp3) is 0.400. The van der Waals surface area contributed by atoms with Gasteiger partial charge in [0.1, 0.15) is 5.82 Å². The third-order valence-electron chi connectivity index (χ3n) is 2.89. The topological polar surface area (TPSA) is 62.7 Å². The van der Waals surface area contributed by atoms with Crippen molar-refractivity contribution in [1.82, 2.24) is 15.0 Å². The maximum Gasteiger partial charge on any atom is 0.224 e. The van der Waals surface area contributed by atoms with E-state index in [1.54, 1.807) is 0 Å². The molecule has 5 nitrogen and oxygen atoms in total. The molecule has 0 bridgehead atoms. The number of hydrogen-bond donors (Lipinski definition) is 2. The summed E-state index contributed by atoms with van der Waals surface area (Å²) in [5, 5.41) is 6.51. The Morgan fingerprint density at radius 1 is 1.10 bits per heavy atom. The minimum absolute atomic E-state index is 0.659. The Kier molecular flexibility index (Phi) is 4.87. The largest absolute Gasteiger partial charge is 0.364 e. The molecule has 2 rings (SSSR count). The summed E-state index contributed by atoms with van der Waals surface area (Å²) in [6, 6.07) is 6.01. The van der Waals surface area contributed by atoms with Crippen LogP contribution in [0.1, 0.15) is 30.3 Å². The highest BCUT2D eigenvalue weighted by Gasteiger charge is 2.04. The van der Waals surface area contributed by atoms with Crippen molar-refractivity contribution in [2.75, 3.05) is 17.2 Å². The lowest BCUT2D eigenvalue weighted by molar-refractivity contribution is 0.942. The van der Waals surface area contributed by atoms with E-state index in [0.717, 1.165) is 35.7 Å². The van der Waals surface area contributed by atoms with Crippen molar-refractivity contribution in [3.63, 3.8) is 0 Å². The van der Waals surface area contributed by atoms with E-state index in [9.17, 15) is 0 Å². The average molecular weight is 271 g/mol. The molecule has 2 aromatic rings. The molecule has 0 aliphatic carbocycles. The van der Waals surface area contributed by atoms with E-state index in [1.807, 2.05) is 38.2 Å². The highest BCUT2D eigenvalue weighted by Crippen LogP contribution is 2.13. The SMILES string of the molecule is CCCNc1ncc(C)c(NCc2cccc(C)n2)n1. The van der Waals surface area contributed by atoms with Gasteiger partial charge in [-0.1, -0.05) is 13.0 Å². The van der Waals surface area contributed by atoms with Gasteiger partial charge in [-0.25, -0.2) is 4.98 Å². The molecule has 0 radical (unpaired) electrons. The van der Waals surface area contributed by atoms with Gasteiger partial charge >= 0.3 is 0 Å². The summed E-state index contributed by atoms with van der Waals surface area (Å²) in [5.74, 6) is 1.51. The van der Waals surface area contributed by atoms with Crippen LogP contribution >= 0.6 is 0 Å². The molecule has 0 aliphatic heterocycles. The van der Waals surface area contributed by atoms with Crippen molar-refractivity contribution < 1.29 is 0 Å². The Bertz CT molecular complexity index is 568. The molecule has 2 N–H and O–H groups in total. The molecule has 0 saturated carbocycles. The van der Waals surface area contributed by atoms with Crippen LogP contribution < -0.4 is 10.6 Å². The lowest BCUT2D eigenvalue weighted by atomic mass is 10.3. The van der Waals surface area contributed by atoms with Crippen LogP contribution in [0.25, 0.3) is 0 Å². The normalized spacial score (nSPS) is 10.3. The first-order chi connectivity index (χ1) is 9.69. The average Bonchev–Trinajstić information content (AvgIpc) is 2.45. The first-order valence-corrected chi connectivity index (χ1v) is 6.93. The van der Waals surface area contributed by atoms with Gasteiger partial charge < -0.3 is 10.6 Å². The zero-order valence-corrected chi connectivity index (χ0v) is 12.3. The molecule has 2 aromatic heterocycles. The van der Waals surface area contributed by atoms with Gasteiger partial charge in [-0.05, 0) is 32.4 Å². The molecule has 0 aliphatic rings. The molecule has 2 heterocycles. The fourth-order valence-electron chi connectivity index (χ4n) is 1.82. The lowest BCUT2D eigenvalue weighted by Gasteiger charge is -2.10. The Morgan fingerprint density at radius 2 is 1.95 bits per heavy atom. The summed E-state index contributed by atoms with van der Waals surface area (Å²) in [5.41, 5.74) is 3.06. The third kappa shape index (κ3) is 3.91. The van der Waals surface area contributed by atoms with E-state index < -0.39 is 0 Å². The quantitative estimate of drug-likeness (QED) is 0.845. The van der Waals surface area contributed by atoms with Gasteiger partial charge in [0.25, 0.3) is 0 Å². The summed E-state index contributed by atoms with van der Waals surface area (Å²) in [7, 11) is 0. The van der Waals surface area contributed by atoms with E-state index in [4.69, 9.17) is 0 Å². The standard InChI is InChI=1S/C15H21N5/c1-4-8-16-15-18-9-11(2)14(20-15)17-10-13-7-5-6-12(3)19-13/h5-7,9H,4,8,10H2,1-3H3,(H2,16,17,18,20). The molecular weight excluding hydrogens is 250 g/mol. The van der Waals surface area contributed by atoms with E-state index in [1.165, 1.54) is 0 Å². The van der Waals surface area contributed by atoms with Gasteiger partial charge in [0.15, 0.2) is 0 Å². The van der Waals surface area contributed by atoms with E-state index >= 15 is 0 Å². The lowest BCUT2D eigenvalue weighted by Crippen LogP contribution is -2.09. The Morgan fingerprint density at radius 3 is 2.70 bits per heavy atom. The second-order valence-corrected chi connectivity index (χ2v) is 4.78. The van der Waals surface area contributed by atoms with E-state index in [2.05, 4.69) is 32.5 Å². The Hall–Kier alpha value is -2.17. The van der Waals surface area contributed by atoms with Crippen molar-refractivity contribution in [2.24, 2.45) is 0 Å². The Labute approximate surface area is 119 Å². The monoisotopic (exact) mass is 271 g/mol. The Balaban J connectivity index is 2.04. The van der Waals surface area contributed by atoms with Crippen LogP contribution in [0.2, 0.25) is 0 Å². The number of nitrogens with one attached hydrogen (secondary N) is 2. The molecule has 0 spiro atoms. The molecule has 0 atom stereocenters. The summed E-state index contributed by atoms with van der Waals surface area (Å²) in [6.45, 7) is 7.64. The van der Waals surface area contributed by atoms with Gasteiger partial charge in [0, 0.05) is 24.0 Å². The van der Waals surface area contributed by atoms with Gasteiger partial charge in [0.05, 0.1) is 12.2 Å². The second kappa shape index (κ2) is 6.84. The summed E-state index contributed by atoms with van der Waals surface area (Å²) < 4.78 is 0. The molecule has 0 saturated heterocycles. The van der Waals surface area contributed by atoms with Crippen LogP contribution in [0.5, 0.6) is 0 Å². The van der Waals surface area contributed by atoms with E-state index in [0.29, 0.717) is 12.5 Å². The number of pyridine rings is 1. The first-order valence-electron chi connectivity index (χ1n) is 6.93. The van der Waals surface area contributed by atoms with E-state index in [-0.39, 0.29) is 0 Å². The summed E-state index contributed by atoms with van der Waals surface area (Å²) in [4.78, 5) is 13.2. The number of nitrogens with zero attached hydrogens (tertiary/aromatic N) is 3. The van der Waals surface area contributed by atoms with Crippen LogP contribution in [-0.4, -0.2) is 21.5 Å². The molecule has 5 heteroatoms. The zero-order valence-electron chi connectivity index (χ0n) is 12.3. The first kappa shape index (κ1) is 14.2. The molecule has 0 unspecified atom stereocenters. The zero-order chi connectivity index (χ0) is 14.4. The van der Waals surface area contributed by atoms with Crippen molar-refractivity contribution >= 4 is 11.8 Å². The van der Waals surface area contributed by atoms with Gasteiger partial charge in [0.2, 0.25) is 5.95 Å². The van der Waals surface area contributed by atoms with Crippen LogP contribution in [0.15, 0.2) is 24.4 Å². The van der Waals surface area contributed by atoms with Crippen LogP contribution in [0.4, 0.5) is 11.8 Å². The molecule has 106 valence electrons. The summed E-state index contributed by atoms with van der Waals surface area (Å²) in [6.07, 6.45) is 2.88. The molecule has 20 heavy (non-hydrogen) atoms. The smallest absolute Gasteiger partial charge is 0.224 e. The molecular formula is C15H21N5. The fourth-order valence-corrected chi connectivity index (χ4v) is 1.82. The highest BCUT2D eigenvalue weighted by atomic mass is 15.1. The predicted octanol–water partition coefficient (Wildman–Crippen LogP) is 2.92. The number of hydrogen-bond acceptors (Lipinski definition) is 5. The van der Waals surface area contributed by atoms with Crippen LogP contribution in [0, 0.1) is 13.8 Å². The van der Waals surface area contributed by atoms with Crippen molar-refractivity contribution in [2.45, 2.75) is 33.7 Å². The van der Waals surface area contributed by atoms with Crippen molar-refractivity contribution in [1.29, 1.82) is 0 Å². The van der Waals surface area contributed by atoms with Crippen molar-refractivity contribution in [3.8, 4) is 0 Å².